The number of carbonyl (C=O) groups is 2. The summed E-state index contributed by atoms with van der Waals surface area (Å²) in [6.45, 7) is 12.8. The first kappa shape index (κ1) is 22.1. The minimum absolute atomic E-state index is 0.199. The van der Waals surface area contributed by atoms with Crippen LogP contribution in [0, 0.1) is 0 Å². The number of nitrogens with zero attached hydrogens (tertiary/aromatic N) is 2. The summed E-state index contributed by atoms with van der Waals surface area (Å²) >= 11 is 0. The first-order chi connectivity index (χ1) is 12.2. The maximum atomic E-state index is 11.8. The Morgan fingerprint density at radius 1 is 1.23 bits per heavy atom. The molecule has 0 aromatic rings. The quantitative estimate of drug-likeness (QED) is 0.359. The molecule has 8 heteroatoms. The first-order valence-electron chi connectivity index (χ1n) is 9.54. The zero-order valence-corrected chi connectivity index (χ0v) is 16.9. The molecule has 0 saturated carbocycles. The van der Waals surface area contributed by atoms with Crippen molar-refractivity contribution < 1.29 is 14.3 Å². The average Bonchev–Trinajstić information content (AvgIpc) is 3.00. The third-order valence-electron chi connectivity index (χ3n) is 3.80. The molecule has 1 fully saturated rings. The summed E-state index contributed by atoms with van der Waals surface area (Å²) in [7, 11) is 0. The molecule has 0 radical (unpaired) electrons. The normalized spacial score (nSPS) is 17.8. The highest BCUT2D eigenvalue weighted by Gasteiger charge is 2.25. The molecule has 3 N–H and O–H groups in total. The van der Waals surface area contributed by atoms with Crippen molar-refractivity contribution in [1.29, 1.82) is 0 Å². The van der Waals surface area contributed by atoms with Crippen LogP contribution in [0.3, 0.4) is 0 Å². The smallest absolute Gasteiger partial charge is 0.407 e. The van der Waals surface area contributed by atoms with E-state index in [2.05, 4.69) is 20.9 Å². The number of carbonyl (C=O) groups excluding carboxylic acids is 2. The van der Waals surface area contributed by atoms with Crippen molar-refractivity contribution in [1.82, 2.24) is 20.9 Å². The lowest BCUT2D eigenvalue weighted by atomic mass is 10.2. The lowest BCUT2D eigenvalue weighted by Crippen LogP contribution is -2.45. The third kappa shape index (κ3) is 8.92. The molecule has 1 rings (SSSR count). The molecule has 0 bridgehead atoms. The fraction of sp³-hybridized carbons (Fsp3) is 0.833. The van der Waals surface area contributed by atoms with E-state index in [1.807, 2.05) is 39.5 Å². The highest BCUT2D eigenvalue weighted by atomic mass is 16.6. The van der Waals surface area contributed by atoms with Gasteiger partial charge in [0.2, 0.25) is 5.91 Å². The second-order valence-corrected chi connectivity index (χ2v) is 7.37. The molecular weight excluding hydrogens is 334 g/mol. The Morgan fingerprint density at radius 2 is 1.96 bits per heavy atom. The van der Waals surface area contributed by atoms with E-state index < -0.39 is 11.7 Å². The van der Waals surface area contributed by atoms with Gasteiger partial charge in [0.05, 0.1) is 0 Å². The number of ether oxygens (including phenoxy) is 1. The van der Waals surface area contributed by atoms with Gasteiger partial charge in [-0.3, -0.25) is 9.79 Å². The van der Waals surface area contributed by atoms with Crippen molar-refractivity contribution in [3.63, 3.8) is 0 Å². The lowest BCUT2D eigenvalue weighted by molar-refractivity contribution is -0.129. The van der Waals surface area contributed by atoms with Crippen molar-refractivity contribution in [3.05, 3.63) is 0 Å². The van der Waals surface area contributed by atoms with Crippen LogP contribution in [0.25, 0.3) is 0 Å². The summed E-state index contributed by atoms with van der Waals surface area (Å²) < 4.78 is 5.19. The van der Waals surface area contributed by atoms with E-state index in [4.69, 9.17) is 4.74 Å². The number of nitrogens with one attached hydrogen (secondary N) is 3. The Labute approximate surface area is 157 Å². The van der Waals surface area contributed by atoms with Gasteiger partial charge in [-0.1, -0.05) is 6.92 Å². The van der Waals surface area contributed by atoms with Gasteiger partial charge in [-0.05, 0) is 40.5 Å². The number of hydrogen-bond acceptors (Lipinski definition) is 4. The van der Waals surface area contributed by atoms with E-state index in [1.54, 1.807) is 0 Å². The fourth-order valence-electron chi connectivity index (χ4n) is 2.62. The van der Waals surface area contributed by atoms with Crippen LogP contribution in [0.5, 0.6) is 0 Å². The fourth-order valence-corrected chi connectivity index (χ4v) is 2.62. The Kier molecular flexibility index (Phi) is 9.23. The van der Waals surface area contributed by atoms with Gasteiger partial charge in [0.25, 0.3) is 0 Å². The van der Waals surface area contributed by atoms with Crippen LogP contribution in [0.1, 0.15) is 53.9 Å². The van der Waals surface area contributed by atoms with Gasteiger partial charge in [0.1, 0.15) is 5.60 Å². The predicted octanol–water partition coefficient (Wildman–Crippen LogP) is 1.47. The third-order valence-corrected chi connectivity index (χ3v) is 3.80. The largest absolute Gasteiger partial charge is 0.444 e. The topological polar surface area (TPSA) is 95.1 Å². The number of guanidine groups is 1. The maximum absolute atomic E-state index is 11.8. The summed E-state index contributed by atoms with van der Waals surface area (Å²) in [5.41, 5.74) is -0.487. The summed E-state index contributed by atoms with van der Waals surface area (Å²) in [4.78, 5) is 29.8. The van der Waals surface area contributed by atoms with Crippen molar-refractivity contribution in [2.24, 2.45) is 4.99 Å². The highest BCUT2D eigenvalue weighted by Crippen LogP contribution is 2.10. The minimum Gasteiger partial charge on any atom is -0.444 e. The lowest BCUT2D eigenvalue weighted by Gasteiger charge is -2.19. The van der Waals surface area contributed by atoms with Crippen molar-refractivity contribution in [3.8, 4) is 0 Å². The molecule has 1 unspecified atom stereocenters. The molecule has 150 valence electrons. The summed E-state index contributed by atoms with van der Waals surface area (Å²) in [5.74, 6) is 0.949. The van der Waals surface area contributed by atoms with Crippen molar-refractivity contribution >= 4 is 18.0 Å². The molecule has 26 heavy (non-hydrogen) atoms. The van der Waals surface area contributed by atoms with Gasteiger partial charge in [-0.25, -0.2) is 4.79 Å². The van der Waals surface area contributed by atoms with Crippen LogP contribution in [0.2, 0.25) is 0 Å². The second-order valence-electron chi connectivity index (χ2n) is 7.37. The van der Waals surface area contributed by atoms with Gasteiger partial charge < -0.3 is 25.6 Å². The Hall–Kier alpha value is -1.99. The molecule has 1 heterocycles. The van der Waals surface area contributed by atoms with Gasteiger partial charge in [0.15, 0.2) is 5.96 Å². The van der Waals surface area contributed by atoms with Crippen LogP contribution in [-0.4, -0.2) is 67.2 Å². The molecule has 8 nitrogen and oxygen atoms in total. The number of alkyl carbamates (subject to hydrolysis) is 1. The number of rotatable bonds is 7. The highest BCUT2D eigenvalue weighted by molar-refractivity contribution is 5.80. The monoisotopic (exact) mass is 369 g/mol. The minimum atomic E-state index is -0.487. The summed E-state index contributed by atoms with van der Waals surface area (Å²) in [6, 6.07) is 0.225. The van der Waals surface area contributed by atoms with Crippen LogP contribution >= 0.6 is 0 Å². The predicted molar refractivity (Wildman–Crippen MR) is 103 cm³/mol. The van der Waals surface area contributed by atoms with Gasteiger partial charge in [-0.2, -0.15) is 0 Å². The van der Waals surface area contributed by atoms with E-state index in [1.165, 1.54) is 0 Å². The number of likely N-dealkylation sites (tertiary alicyclic amines) is 1. The van der Waals surface area contributed by atoms with Gasteiger partial charge >= 0.3 is 6.09 Å². The SMILES string of the molecule is CCNC(=NCCCNC(=O)OC(C)(C)C)NC1CCN(C(=O)CC)C1. The standard InChI is InChI=1S/C18H35N5O3/c1-6-15(24)23-12-9-14(13-23)22-16(19-7-2)20-10-8-11-21-17(25)26-18(3,4)5/h14H,6-13H2,1-5H3,(H,21,25)(H2,19,20,22). The molecule has 1 saturated heterocycles. The molecule has 2 amide bonds. The van der Waals surface area contributed by atoms with Crippen molar-refractivity contribution in [2.75, 3.05) is 32.7 Å². The van der Waals surface area contributed by atoms with E-state index in [0.29, 0.717) is 19.5 Å². The zero-order chi connectivity index (χ0) is 19.6. The van der Waals surface area contributed by atoms with Crippen LogP contribution < -0.4 is 16.0 Å². The Morgan fingerprint density at radius 3 is 2.58 bits per heavy atom. The van der Waals surface area contributed by atoms with Crippen LogP contribution in [0.15, 0.2) is 4.99 Å². The Bertz CT molecular complexity index is 488. The second kappa shape index (κ2) is 10.9. The van der Waals surface area contributed by atoms with Crippen LogP contribution in [0.4, 0.5) is 4.79 Å². The van der Waals surface area contributed by atoms with E-state index in [-0.39, 0.29) is 11.9 Å². The first-order valence-corrected chi connectivity index (χ1v) is 9.54. The molecule has 0 aromatic heterocycles. The van der Waals surface area contributed by atoms with E-state index >= 15 is 0 Å². The number of aliphatic imine (C=N–C) groups is 1. The Balaban J connectivity index is 2.33. The summed E-state index contributed by atoms with van der Waals surface area (Å²) in [6.07, 6.45) is 1.79. The molecular formula is C18H35N5O3. The molecule has 1 atom stereocenters. The van der Waals surface area contributed by atoms with Gasteiger partial charge in [-0.15, -0.1) is 0 Å². The van der Waals surface area contributed by atoms with Crippen LogP contribution in [-0.2, 0) is 9.53 Å². The van der Waals surface area contributed by atoms with Gasteiger partial charge in [0, 0.05) is 45.2 Å². The maximum Gasteiger partial charge on any atom is 0.407 e. The van der Waals surface area contributed by atoms with Crippen molar-refractivity contribution in [2.45, 2.75) is 65.5 Å². The molecule has 0 aliphatic carbocycles. The molecule has 1 aliphatic rings. The molecule has 1 aliphatic heterocycles. The molecule has 0 spiro atoms. The average molecular weight is 370 g/mol. The zero-order valence-electron chi connectivity index (χ0n) is 16.9. The number of hydrogen-bond donors (Lipinski definition) is 3. The van der Waals surface area contributed by atoms with E-state index in [0.717, 1.165) is 38.4 Å². The summed E-state index contributed by atoms with van der Waals surface area (Å²) in [5, 5.41) is 9.34. The van der Waals surface area contributed by atoms with E-state index in [9.17, 15) is 9.59 Å². The number of amides is 2. The molecule has 0 aromatic carbocycles.